The van der Waals surface area contributed by atoms with Gasteiger partial charge in [-0.2, -0.15) is 0 Å². The summed E-state index contributed by atoms with van der Waals surface area (Å²) in [5, 5.41) is 0.522. The first-order chi connectivity index (χ1) is 13.0. The van der Waals surface area contributed by atoms with Gasteiger partial charge in [0, 0.05) is 34.8 Å². The van der Waals surface area contributed by atoms with Gasteiger partial charge >= 0.3 is 0 Å². The molecule has 0 aliphatic carbocycles. The van der Waals surface area contributed by atoms with E-state index in [0.29, 0.717) is 48.7 Å². The van der Waals surface area contributed by atoms with Crippen LogP contribution in [0.1, 0.15) is 17.3 Å². The van der Waals surface area contributed by atoms with Crippen LogP contribution >= 0.6 is 15.9 Å². The molecule has 1 aliphatic rings. The fourth-order valence-electron chi connectivity index (χ4n) is 3.28. The normalized spacial score (nSPS) is 14.5. The number of fused-ring (bicyclic) bond motifs is 1. The van der Waals surface area contributed by atoms with Crippen LogP contribution in [0.15, 0.2) is 56.1 Å². The number of hydrogen-bond donors (Lipinski definition) is 0. The number of ether oxygens (including phenoxy) is 1. The number of hydrogen-bond acceptors (Lipinski definition) is 5. The first-order valence-electron chi connectivity index (χ1n) is 8.74. The molecule has 0 N–H and O–H groups in total. The van der Waals surface area contributed by atoms with Crippen LogP contribution in [0.25, 0.3) is 22.1 Å². The molecular weight excluding hydrogens is 410 g/mol. The van der Waals surface area contributed by atoms with E-state index in [1.54, 1.807) is 18.2 Å². The van der Waals surface area contributed by atoms with E-state index in [9.17, 15) is 9.59 Å². The molecule has 1 saturated heterocycles. The number of carbonyl (C=O) groups is 1. The number of halogens is 1. The van der Waals surface area contributed by atoms with Gasteiger partial charge in [-0.1, -0.05) is 28.1 Å². The van der Waals surface area contributed by atoms with Crippen molar-refractivity contribution in [2.24, 2.45) is 0 Å². The molecule has 0 spiro atoms. The van der Waals surface area contributed by atoms with E-state index in [1.165, 1.54) is 6.92 Å². The number of para-hydroxylation sites is 1. The Kier molecular flexibility index (Phi) is 4.85. The largest absolute Gasteiger partial charge is 0.440 e. The molecule has 3 aromatic rings. The smallest absolute Gasteiger partial charge is 0.200 e. The maximum atomic E-state index is 12.7. The lowest BCUT2D eigenvalue weighted by Gasteiger charge is -2.27. The van der Waals surface area contributed by atoms with Gasteiger partial charge in [-0.25, -0.2) is 0 Å². The number of anilines is 1. The Bertz CT molecular complexity index is 1080. The summed E-state index contributed by atoms with van der Waals surface area (Å²) in [4.78, 5) is 26.6. The number of nitrogens with zero attached hydrogens (tertiary/aromatic N) is 1. The third kappa shape index (κ3) is 3.55. The van der Waals surface area contributed by atoms with E-state index in [4.69, 9.17) is 9.15 Å². The summed E-state index contributed by atoms with van der Waals surface area (Å²) in [6.07, 6.45) is 0. The fourth-order valence-corrected chi connectivity index (χ4v) is 3.77. The summed E-state index contributed by atoms with van der Waals surface area (Å²) in [5.74, 6) is 0.526. The lowest BCUT2D eigenvalue weighted by molar-refractivity contribution is 0.101. The van der Waals surface area contributed by atoms with Crippen molar-refractivity contribution in [2.45, 2.75) is 6.92 Å². The highest BCUT2D eigenvalue weighted by atomic mass is 79.9. The predicted octanol–water partition coefficient (Wildman–Crippen LogP) is 4.26. The van der Waals surface area contributed by atoms with Crippen molar-refractivity contribution < 1.29 is 13.9 Å². The first kappa shape index (κ1) is 17.9. The minimum atomic E-state index is -0.0821. The van der Waals surface area contributed by atoms with Crippen molar-refractivity contribution in [3.8, 4) is 11.1 Å². The summed E-state index contributed by atoms with van der Waals surface area (Å²) < 4.78 is 12.4. The SMILES string of the molecule is CC(=O)c1cc(Br)cc(-c2cccc3c(=O)cc(N4CCOCC4)oc23)c1. The van der Waals surface area contributed by atoms with Gasteiger partial charge in [0.25, 0.3) is 0 Å². The standard InChI is InChI=1S/C21H18BrNO4/c1-13(24)14-9-15(11-16(22)10-14)17-3-2-4-18-19(25)12-20(27-21(17)18)23-5-7-26-8-6-23/h2-4,9-12H,5-8H2,1H3. The highest BCUT2D eigenvalue weighted by Crippen LogP contribution is 2.32. The monoisotopic (exact) mass is 427 g/mol. The van der Waals surface area contributed by atoms with Gasteiger partial charge < -0.3 is 14.1 Å². The third-order valence-electron chi connectivity index (χ3n) is 4.68. The molecule has 27 heavy (non-hydrogen) atoms. The van der Waals surface area contributed by atoms with Crippen LogP contribution in [0.4, 0.5) is 5.88 Å². The van der Waals surface area contributed by atoms with Crippen molar-refractivity contribution in [3.05, 3.63) is 62.7 Å². The van der Waals surface area contributed by atoms with Gasteiger partial charge in [0.1, 0.15) is 5.58 Å². The molecule has 0 radical (unpaired) electrons. The molecular formula is C21H18BrNO4. The second kappa shape index (κ2) is 7.29. The molecule has 0 atom stereocenters. The van der Waals surface area contributed by atoms with Gasteiger partial charge in [-0.15, -0.1) is 0 Å². The Morgan fingerprint density at radius 1 is 1.11 bits per heavy atom. The number of carbonyl (C=O) groups excluding carboxylic acids is 1. The molecule has 1 fully saturated rings. The number of ketones is 1. The van der Waals surface area contributed by atoms with Gasteiger partial charge in [-0.3, -0.25) is 9.59 Å². The molecule has 2 heterocycles. The molecule has 6 heteroatoms. The molecule has 4 rings (SSSR count). The van der Waals surface area contributed by atoms with Gasteiger partial charge in [0.2, 0.25) is 0 Å². The molecule has 1 aliphatic heterocycles. The first-order valence-corrected chi connectivity index (χ1v) is 9.54. The number of Topliss-reactive ketones (excluding diaryl/α,β-unsaturated/α-hetero) is 1. The van der Waals surface area contributed by atoms with Crippen LogP contribution in [-0.2, 0) is 4.74 Å². The molecule has 138 valence electrons. The Balaban J connectivity index is 1.92. The van der Waals surface area contributed by atoms with E-state index < -0.39 is 0 Å². The minimum Gasteiger partial charge on any atom is -0.440 e. The number of rotatable bonds is 3. The second-order valence-electron chi connectivity index (χ2n) is 6.52. The van der Waals surface area contributed by atoms with Crippen molar-refractivity contribution in [3.63, 3.8) is 0 Å². The third-order valence-corrected chi connectivity index (χ3v) is 5.14. The minimum absolute atomic E-state index is 0.0201. The number of benzene rings is 2. The quantitative estimate of drug-likeness (QED) is 0.584. The summed E-state index contributed by atoms with van der Waals surface area (Å²) >= 11 is 3.47. The molecule has 1 aromatic heterocycles. The van der Waals surface area contributed by atoms with Crippen molar-refractivity contribution in [1.82, 2.24) is 0 Å². The maximum absolute atomic E-state index is 12.7. The van der Waals surface area contributed by atoms with Gasteiger partial charge in [-0.05, 0) is 36.8 Å². The van der Waals surface area contributed by atoms with E-state index >= 15 is 0 Å². The van der Waals surface area contributed by atoms with E-state index in [2.05, 4.69) is 15.9 Å². The number of morpholine rings is 1. The van der Waals surface area contributed by atoms with E-state index in [0.717, 1.165) is 15.6 Å². The molecule has 0 unspecified atom stereocenters. The predicted molar refractivity (Wildman–Crippen MR) is 109 cm³/mol. The van der Waals surface area contributed by atoms with Crippen LogP contribution in [0, 0.1) is 0 Å². The highest BCUT2D eigenvalue weighted by molar-refractivity contribution is 9.10. The average molecular weight is 428 g/mol. The van der Waals surface area contributed by atoms with Crippen LogP contribution in [0.2, 0.25) is 0 Å². The van der Waals surface area contributed by atoms with E-state index in [1.807, 2.05) is 29.2 Å². The molecule has 0 bridgehead atoms. The average Bonchev–Trinajstić information content (AvgIpc) is 2.67. The molecule has 0 saturated carbocycles. The van der Waals surface area contributed by atoms with Crippen molar-refractivity contribution >= 4 is 38.6 Å². The van der Waals surface area contributed by atoms with Crippen molar-refractivity contribution in [2.75, 3.05) is 31.2 Å². The zero-order valence-corrected chi connectivity index (χ0v) is 16.4. The Morgan fingerprint density at radius 3 is 2.63 bits per heavy atom. The second-order valence-corrected chi connectivity index (χ2v) is 7.43. The summed E-state index contributed by atoms with van der Waals surface area (Å²) in [5.41, 5.74) is 2.65. The maximum Gasteiger partial charge on any atom is 0.200 e. The van der Waals surface area contributed by atoms with Crippen molar-refractivity contribution in [1.29, 1.82) is 0 Å². The van der Waals surface area contributed by atoms with Crippen LogP contribution in [0.3, 0.4) is 0 Å². The van der Waals surface area contributed by atoms with Gasteiger partial charge in [0.05, 0.1) is 18.6 Å². The van der Waals surface area contributed by atoms with Crippen LogP contribution in [-0.4, -0.2) is 32.1 Å². The lowest BCUT2D eigenvalue weighted by atomic mass is 9.99. The zero-order chi connectivity index (χ0) is 19.0. The molecule has 0 amide bonds. The van der Waals surface area contributed by atoms with Crippen LogP contribution in [0.5, 0.6) is 0 Å². The zero-order valence-electron chi connectivity index (χ0n) is 14.8. The topological polar surface area (TPSA) is 59.8 Å². The van der Waals surface area contributed by atoms with Gasteiger partial charge in [0.15, 0.2) is 17.1 Å². The summed E-state index contributed by atoms with van der Waals surface area (Å²) in [6, 6.07) is 12.6. The molecule has 5 nitrogen and oxygen atoms in total. The summed E-state index contributed by atoms with van der Waals surface area (Å²) in [7, 11) is 0. The lowest BCUT2D eigenvalue weighted by Crippen LogP contribution is -2.36. The fraction of sp³-hybridized carbons (Fsp3) is 0.238. The Hall–Kier alpha value is -2.44. The molecule has 2 aromatic carbocycles. The Labute approximate surface area is 164 Å². The Morgan fingerprint density at radius 2 is 1.89 bits per heavy atom. The highest BCUT2D eigenvalue weighted by Gasteiger charge is 2.17. The van der Waals surface area contributed by atoms with Crippen LogP contribution < -0.4 is 10.3 Å². The van der Waals surface area contributed by atoms with E-state index in [-0.39, 0.29) is 11.2 Å². The summed E-state index contributed by atoms with van der Waals surface area (Å²) in [6.45, 7) is 4.11.